The van der Waals surface area contributed by atoms with Crippen molar-refractivity contribution >= 4 is 27.8 Å². The summed E-state index contributed by atoms with van der Waals surface area (Å²) >= 11 is 0. The van der Waals surface area contributed by atoms with E-state index in [4.69, 9.17) is 4.74 Å². The smallest absolute Gasteiger partial charge is 0.354 e. The summed E-state index contributed by atoms with van der Waals surface area (Å²) in [7, 11) is 1.67. The van der Waals surface area contributed by atoms with Crippen LogP contribution in [0.25, 0.3) is 21.8 Å². The van der Waals surface area contributed by atoms with Gasteiger partial charge in [0.05, 0.1) is 17.8 Å². The number of aryl methyl sites for hydroxylation is 1. The van der Waals surface area contributed by atoms with Gasteiger partial charge < -0.3 is 14.8 Å². The molecule has 3 rings (SSSR count). The number of ether oxygens (including phenoxy) is 1. The molecule has 5 heteroatoms. The van der Waals surface area contributed by atoms with Crippen molar-refractivity contribution in [1.29, 1.82) is 0 Å². The number of aromatic amines is 1. The Kier molecular flexibility index (Phi) is 3.58. The second-order valence-electron chi connectivity index (χ2n) is 5.31. The van der Waals surface area contributed by atoms with E-state index in [-0.39, 0.29) is 11.8 Å². The predicted octanol–water partition coefficient (Wildman–Crippen LogP) is 3.68. The molecule has 1 aromatic carbocycles. The van der Waals surface area contributed by atoms with Gasteiger partial charge in [-0.15, -0.1) is 0 Å². The third-order valence-corrected chi connectivity index (χ3v) is 4.14. The van der Waals surface area contributed by atoms with Crippen molar-refractivity contribution in [2.75, 3.05) is 7.11 Å². The number of nitrogens with zero attached hydrogens (tertiary/aromatic N) is 1. The molecule has 5 nitrogen and oxygen atoms in total. The molecule has 1 atom stereocenters. The lowest BCUT2D eigenvalue weighted by Gasteiger charge is -2.12. The lowest BCUT2D eigenvalue weighted by atomic mass is 9.98. The highest BCUT2D eigenvalue weighted by molar-refractivity contribution is 6.12. The number of aromatic carboxylic acids is 1. The van der Waals surface area contributed by atoms with Crippen molar-refractivity contribution < 1.29 is 14.6 Å². The number of hydrogen-bond acceptors (Lipinski definition) is 3. The molecule has 0 fully saturated rings. The number of methoxy groups -OCH3 is 1. The fourth-order valence-corrected chi connectivity index (χ4v) is 3.03. The molecule has 3 aromatic rings. The van der Waals surface area contributed by atoms with Gasteiger partial charge in [-0.1, -0.05) is 19.1 Å². The van der Waals surface area contributed by atoms with Crippen LogP contribution in [-0.2, 0) is 11.2 Å². The Hall–Kier alpha value is -2.40. The minimum Gasteiger partial charge on any atom is -0.477 e. The SMILES string of the molecule is CCc1c(C(=O)O)ncc2[nH]c3cccc(C(C)OC)c3c12. The Balaban J connectivity index is 2.49. The van der Waals surface area contributed by atoms with Crippen molar-refractivity contribution in [3.63, 3.8) is 0 Å². The van der Waals surface area contributed by atoms with Crippen LogP contribution in [0.2, 0.25) is 0 Å². The zero-order valence-electron chi connectivity index (χ0n) is 12.8. The maximum Gasteiger partial charge on any atom is 0.354 e. The molecule has 0 saturated carbocycles. The van der Waals surface area contributed by atoms with Crippen LogP contribution in [0.5, 0.6) is 0 Å². The molecule has 0 spiro atoms. The first-order chi connectivity index (χ1) is 10.6. The van der Waals surface area contributed by atoms with Gasteiger partial charge in [0, 0.05) is 23.4 Å². The maximum atomic E-state index is 11.5. The van der Waals surface area contributed by atoms with Crippen molar-refractivity contribution in [3.05, 3.63) is 41.2 Å². The van der Waals surface area contributed by atoms with Gasteiger partial charge in [0.25, 0.3) is 0 Å². The monoisotopic (exact) mass is 298 g/mol. The molecule has 0 aliphatic heterocycles. The second-order valence-corrected chi connectivity index (χ2v) is 5.31. The number of carboxylic acids is 1. The summed E-state index contributed by atoms with van der Waals surface area (Å²) < 4.78 is 5.47. The normalized spacial score (nSPS) is 12.9. The Bertz CT molecular complexity index is 867. The number of rotatable bonds is 4. The van der Waals surface area contributed by atoms with E-state index in [9.17, 15) is 9.90 Å². The minimum atomic E-state index is -0.995. The van der Waals surface area contributed by atoms with Crippen LogP contribution in [0.3, 0.4) is 0 Å². The number of aromatic nitrogens is 2. The number of hydrogen-bond donors (Lipinski definition) is 2. The van der Waals surface area contributed by atoms with Crippen LogP contribution in [-0.4, -0.2) is 28.2 Å². The predicted molar refractivity (Wildman–Crippen MR) is 85.4 cm³/mol. The Morgan fingerprint density at radius 2 is 2.14 bits per heavy atom. The van der Waals surface area contributed by atoms with Crippen molar-refractivity contribution in [2.45, 2.75) is 26.4 Å². The highest BCUT2D eigenvalue weighted by Gasteiger charge is 2.20. The quantitative estimate of drug-likeness (QED) is 0.770. The van der Waals surface area contributed by atoms with Gasteiger partial charge in [-0.3, -0.25) is 0 Å². The number of carbonyl (C=O) groups is 1. The summed E-state index contributed by atoms with van der Waals surface area (Å²) in [4.78, 5) is 18.9. The molecule has 0 bridgehead atoms. The zero-order chi connectivity index (χ0) is 15.9. The number of fused-ring (bicyclic) bond motifs is 3. The number of H-pyrrole nitrogens is 1. The molecule has 1 unspecified atom stereocenters. The second kappa shape index (κ2) is 5.42. The first-order valence-electron chi connectivity index (χ1n) is 7.26. The van der Waals surface area contributed by atoms with E-state index in [1.54, 1.807) is 13.3 Å². The topological polar surface area (TPSA) is 75.2 Å². The van der Waals surface area contributed by atoms with Gasteiger partial charge in [0.1, 0.15) is 0 Å². The van der Waals surface area contributed by atoms with E-state index >= 15 is 0 Å². The van der Waals surface area contributed by atoms with Crippen molar-refractivity contribution in [3.8, 4) is 0 Å². The number of nitrogens with one attached hydrogen (secondary N) is 1. The number of carboxylic acid groups (broad SMARTS) is 1. The summed E-state index contributed by atoms with van der Waals surface area (Å²) in [6, 6.07) is 5.98. The van der Waals surface area contributed by atoms with E-state index < -0.39 is 5.97 Å². The maximum absolute atomic E-state index is 11.5. The molecule has 0 aliphatic carbocycles. The first kappa shape index (κ1) is 14.5. The van der Waals surface area contributed by atoms with E-state index in [1.807, 2.05) is 32.0 Å². The summed E-state index contributed by atoms with van der Waals surface area (Å²) in [5.74, 6) is -0.995. The standard InChI is InChI=1S/C17H18N2O3/c1-4-10-14-13(8-18-16(10)17(20)21)19-12-7-5-6-11(15(12)14)9(2)22-3/h5-9,19H,4H2,1-3H3,(H,20,21). The highest BCUT2D eigenvalue weighted by atomic mass is 16.5. The van der Waals surface area contributed by atoms with E-state index in [0.717, 1.165) is 32.9 Å². The lowest BCUT2D eigenvalue weighted by Crippen LogP contribution is -2.05. The molecule has 22 heavy (non-hydrogen) atoms. The first-order valence-corrected chi connectivity index (χ1v) is 7.26. The van der Waals surface area contributed by atoms with Gasteiger partial charge in [-0.25, -0.2) is 9.78 Å². The average molecular weight is 298 g/mol. The summed E-state index contributed by atoms with van der Waals surface area (Å²) in [6.45, 7) is 3.93. The number of pyridine rings is 1. The van der Waals surface area contributed by atoms with Crippen LogP contribution in [0.1, 0.15) is 41.6 Å². The molecule has 2 heterocycles. The van der Waals surface area contributed by atoms with E-state index in [2.05, 4.69) is 9.97 Å². The molecule has 0 radical (unpaired) electrons. The van der Waals surface area contributed by atoms with Crippen molar-refractivity contribution in [1.82, 2.24) is 9.97 Å². The zero-order valence-corrected chi connectivity index (χ0v) is 12.8. The molecule has 0 aliphatic rings. The Labute approximate surface area is 127 Å². The van der Waals surface area contributed by atoms with Crippen LogP contribution >= 0.6 is 0 Å². The Morgan fingerprint density at radius 3 is 2.77 bits per heavy atom. The fourth-order valence-electron chi connectivity index (χ4n) is 3.03. The highest BCUT2D eigenvalue weighted by Crippen LogP contribution is 2.35. The fraction of sp³-hybridized carbons (Fsp3) is 0.294. The Morgan fingerprint density at radius 1 is 1.36 bits per heavy atom. The van der Waals surface area contributed by atoms with Gasteiger partial charge in [0.2, 0.25) is 0 Å². The van der Waals surface area contributed by atoms with Crippen LogP contribution < -0.4 is 0 Å². The van der Waals surface area contributed by atoms with E-state index in [1.165, 1.54) is 0 Å². The summed E-state index contributed by atoms with van der Waals surface area (Å²) in [5.41, 5.74) is 3.74. The summed E-state index contributed by atoms with van der Waals surface area (Å²) in [5, 5.41) is 11.3. The van der Waals surface area contributed by atoms with Gasteiger partial charge >= 0.3 is 5.97 Å². The number of benzene rings is 1. The lowest BCUT2D eigenvalue weighted by molar-refractivity contribution is 0.0689. The van der Waals surface area contributed by atoms with Crippen LogP contribution in [0, 0.1) is 0 Å². The van der Waals surface area contributed by atoms with E-state index in [0.29, 0.717) is 6.42 Å². The molecule has 114 valence electrons. The van der Waals surface area contributed by atoms with Crippen molar-refractivity contribution in [2.24, 2.45) is 0 Å². The van der Waals surface area contributed by atoms with Crippen LogP contribution in [0.15, 0.2) is 24.4 Å². The molecule has 2 N–H and O–H groups in total. The third kappa shape index (κ3) is 2.05. The summed E-state index contributed by atoms with van der Waals surface area (Å²) in [6.07, 6.45) is 2.13. The van der Waals surface area contributed by atoms with Gasteiger partial charge in [-0.2, -0.15) is 0 Å². The van der Waals surface area contributed by atoms with Gasteiger partial charge in [-0.05, 0) is 30.5 Å². The molecule has 2 aromatic heterocycles. The van der Waals surface area contributed by atoms with Crippen LogP contribution in [0.4, 0.5) is 0 Å². The third-order valence-electron chi connectivity index (χ3n) is 4.14. The molecule has 0 saturated heterocycles. The minimum absolute atomic E-state index is 0.0751. The largest absolute Gasteiger partial charge is 0.477 e. The van der Waals surface area contributed by atoms with Gasteiger partial charge in [0.15, 0.2) is 5.69 Å². The molecular weight excluding hydrogens is 280 g/mol. The molecular formula is C17H18N2O3. The molecule has 0 amide bonds. The average Bonchev–Trinajstić information content (AvgIpc) is 2.91.